The minimum Gasteiger partial charge on any atom is -0.465 e. The molecule has 2 unspecified atom stereocenters. The lowest BCUT2D eigenvalue weighted by molar-refractivity contribution is -0.124. The summed E-state index contributed by atoms with van der Waals surface area (Å²) in [6, 6.07) is -1.22. The molecule has 10 heteroatoms. The Morgan fingerprint density at radius 2 is 1.00 bits per heavy atom. The molecule has 0 aliphatic heterocycles. The van der Waals surface area contributed by atoms with Crippen molar-refractivity contribution < 1.29 is 29.4 Å². The molecular weight excluding hydrogens is 344 g/mol. The predicted octanol–water partition coefficient (Wildman–Crippen LogP) is 0.583. The Morgan fingerprint density at radius 1 is 0.692 bits per heavy atom. The van der Waals surface area contributed by atoms with Gasteiger partial charge in [-0.05, 0) is 37.8 Å². The van der Waals surface area contributed by atoms with Gasteiger partial charge in [-0.1, -0.05) is 27.7 Å². The van der Waals surface area contributed by atoms with Gasteiger partial charge < -0.3 is 20.8 Å². The van der Waals surface area contributed by atoms with Crippen molar-refractivity contribution in [3.05, 3.63) is 0 Å². The summed E-state index contributed by atoms with van der Waals surface area (Å²) >= 11 is 0. The summed E-state index contributed by atoms with van der Waals surface area (Å²) in [4.78, 5) is 44.7. The van der Waals surface area contributed by atoms with Crippen LogP contribution >= 0.6 is 0 Å². The lowest BCUT2D eigenvalue weighted by atomic mass is 10.0. The van der Waals surface area contributed by atoms with Crippen LogP contribution in [0.2, 0.25) is 0 Å². The van der Waals surface area contributed by atoms with Crippen LogP contribution in [0.1, 0.15) is 40.5 Å². The van der Waals surface area contributed by atoms with E-state index in [1.807, 2.05) is 38.3 Å². The number of nitrogens with one attached hydrogen (secondary N) is 4. The van der Waals surface area contributed by atoms with Gasteiger partial charge in [-0.3, -0.25) is 20.2 Å². The fourth-order valence-corrected chi connectivity index (χ4v) is 2.39. The molecule has 0 bridgehead atoms. The number of carbonyl (C=O) groups excluding carboxylic acids is 2. The molecule has 0 heterocycles. The van der Waals surface area contributed by atoms with Crippen LogP contribution in [0, 0.1) is 11.8 Å². The van der Waals surface area contributed by atoms with Gasteiger partial charge in [0.2, 0.25) is 11.8 Å². The fourth-order valence-electron chi connectivity index (χ4n) is 2.39. The molecule has 0 saturated carbocycles. The van der Waals surface area contributed by atoms with Gasteiger partial charge >= 0.3 is 12.2 Å². The van der Waals surface area contributed by atoms with Gasteiger partial charge in [-0.25, -0.2) is 9.59 Å². The van der Waals surface area contributed by atoms with Crippen molar-refractivity contribution in [2.75, 3.05) is 13.1 Å². The Balaban J connectivity index is 4.23. The van der Waals surface area contributed by atoms with Crippen LogP contribution in [0.25, 0.3) is 0 Å². The number of carbonyl (C=O) groups is 4. The zero-order valence-electron chi connectivity index (χ0n) is 15.7. The largest absolute Gasteiger partial charge is 0.465 e. The van der Waals surface area contributed by atoms with E-state index in [0.29, 0.717) is 25.9 Å². The molecular formula is C16H30N4O6. The second-order valence-electron chi connectivity index (χ2n) is 6.65. The second-order valence-corrected chi connectivity index (χ2v) is 6.65. The summed E-state index contributed by atoms with van der Waals surface area (Å²) < 4.78 is 0. The molecule has 0 aromatic carbocycles. The first-order valence-corrected chi connectivity index (χ1v) is 8.60. The Kier molecular flexibility index (Phi) is 11.2. The first kappa shape index (κ1) is 23.8. The maximum Gasteiger partial charge on any atom is 0.411 e. The molecule has 0 fully saturated rings. The van der Waals surface area contributed by atoms with Gasteiger partial charge in [0, 0.05) is 0 Å². The summed E-state index contributed by atoms with van der Waals surface area (Å²) in [5, 5.41) is 27.0. The van der Waals surface area contributed by atoms with Gasteiger partial charge in [0.15, 0.2) is 0 Å². The summed E-state index contributed by atoms with van der Waals surface area (Å²) in [6.07, 6.45) is -1.37. The zero-order chi connectivity index (χ0) is 20.3. The van der Waals surface area contributed by atoms with Crippen molar-refractivity contribution in [2.24, 2.45) is 11.8 Å². The number of rotatable bonds is 11. The van der Waals surface area contributed by atoms with Gasteiger partial charge in [-0.2, -0.15) is 0 Å². The minimum atomic E-state index is -1.38. The maximum absolute atomic E-state index is 11.8. The van der Waals surface area contributed by atoms with Gasteiger partial charge in [0.25, 0.3) is 0 Å². The molecule has 2 atom stereocenters. The third-order valence-corrected chi connectivity index (χ3v) is 3.69. The molecule has 4 amide bonds. The Labute approximate surface area is 153 Å². The topological polar surface area (TPSA) is 157 Å². The van der Waals surface area contributed by atoms with E-state index in [-0.39, 0.29) is 11.8 Å². The van der Waals surface area contributed by atoms with Crippen LogP contribution in [0.4, 0.5) is 9.59 Å². The first-order chi connectivity index (χ1) is 12.1. The SMILES string of the molecule is CC(C)C(NCCCCNC(C(=O)NC(=O)O)C(C)C)C(=O)NC(=O)O. The van der Waals surface area contributed by atoms with Crippen molar-refractivity contribution in [1.29, 1.82) is 0 Å². The van der Waals surface area contributed by atoms with Crippen molar-refractivity contribution in [3.63, 3.8) is 0 Å². The molecule has 0 saturated heterocycles. The van der Waals surface area contributed by atoms with Gasteiger partial charge in [-0.15, -0.1) is 0 Å². The van der Waals surface area contributed by atoms with Gasteiger partial charge in [0.05, 0.1) is 12.1 Å². The van der Waals surface area contributed by atoms with Crippen LogP contribution in [0.15, 0.2) is 0 Å². The van der Waals surface area contributed by atoms with E-state index in [1.54, 1.807) is 0 Å². The number of imide groups is 2. The summed E-state index contributed by atoms with van der Waals surface area (Å²) in [6.45, 7) is 8.27. The van der Waals surface area contributed by atoms with E-state index in [9.17, 15) is 19.2 Å². The molecule has 10 nitrogen and oxygen atoms in total. The van der Waals surface area contributed by atoms with E-state index >= 15 is 0 Å². The quantitative estimate of drug-likeness (QED) is 0.287. The molecule has 26 heavy (non-hydrogen) atoms. The van der Waals surface area contributed by atoms with E-state index in [4.69, 9.17) is 10.2 Å². The molecule has 0 aliphatic carbocycles. The van der Waals surface area contributed by atoms with Crippen LogP contribution in [-0.2, 0) is 9.59 Å². The standard InChI is InChI=1S/C16H30N4O6/c1-9(2)11(13(21)19-15(23)24)17-7-5-6-8-18-12(10(3)4)14(22)20-16(25)26/h9-12,17-18H,5-8H2,1-4H3,(H,19,21)(H,20,22)(H,23,24)(H,25,26). The monoisotopic (exact) mass is 374 g/mol. The number of unbranched alkanes of at least 4 members (excludes halogenated alkanes) is 1. The Bertz CT molecular complexity index is 451. The number of hydrogen-bond donors (Lipinski definition) is 6. The molecule has 0 aliphatic rings. The van der Waals surface area contributed by atoms with Crippen molar-refractivity contribution in [2.45, 2.75) is 52.6 Å². The highest BCUT2D eigenvalue weighted by Gasteiger charge is 2.24. The van der Waals surface area contributed by atoms with Gasteiger partial charge in [0.1, 0.15) is 0 Å². The lowest BCUT2D eigenvalue weighted by Gasteiger charge is -2.22. The average molecular weight is 374 g/mol. The summed E-state index contributed by atoms with van der Waals surface area (Å²) in [5.74, 6) is -1.32. The molecule has 150 valence electrons. The second kappa shape index (κ2) is 12.2. The summed E-state index contributed by atoms with van der Waals surface area (Å²) in [5.41, 5.74) is 0. The van der Waals surface area contributed by atoms with Crippen molar-refractivity contribution in [3.8, 4) is 0 Å². The van der Waals surface area contributed by atoms with Crippen LogP contribution in [-0.4, -0.2) is 59.4 Å². The fraction of sp³-hybridized carbons (Fsp3) is 0.750. The number of amides is 4. The third kappa shape index (κ3) is 9.94. The van der Waals surface area contributed by atoms with E-state index in [0.717, 1.165) is 0 Å². The third-order valence-electron chi connectivity index (χ3n) is 3.69. The maximum atomic E-state index is 11.8. The highest BCUT2D eigenvalue weighted by molar-refractivity contribution is 5.94. The Hall–Kier alpha value is -2.20. The van der Waals surface area contributed by atoms with Crippen LogP contribution < -0.4 is 21.3 Å². The van der Waals surface area contributed by atoms with E-state index < -0.39 is 36.1 Å². The average Bonchev–Trinajstić information content (AvgIpc) is 2.47. The first-order valence-electron chi connectivity index (χ1n) is 8.60. The molecule has 0 aromatic rings. The Morgan fingerprint density at radius 3 is 1.23 bits per heavy atom. The molecule has 6 N–H and O–H groups in total. The van der Waals surface area contributed by atoms with Crippen molar-refractivity contribution in [1.82, 2.24) is 21.3 Å². The number of hydrogen-bond acceptors (Lipinski definition) is 6. The van der Waals surface area contributed by atoms with Crippen LogP contribution in [0.5, 0.6) is 0 Å². The zero-order valence-corrected chi connectivity index (χ0v) is 15.7. The molecule has 0 radical (unpaired) electrons. The molecule has 0 spiro atoms. The minimum absolute atomic E-state index is 0.0717. The van der Waals surface area contributed by atoms with Crippen LogP contribution in [0.3, 0.4) is 0 Å². The lowest BCUT2D eigenvalue weighted by Crippen LogP contribution is -2.49. The van der Waals surface area contributed by atoms with E-state index in [1.165, 1.54) is 0 Å². The van der Waals surface area contributed by atoms with E-state index in [2.05, 4.69) is 10.6 Å². The number of carboxylic acid groups (broad SMARTS) is 2. The smallest absolute Gasteiger partial charge is 0.411 e. The highest BCUT2D eigenvalue weighted by atomic mass is 16.4. The highest BCUT2D eigenvalue weighted by Crippen LogP contribution is 2.04. The normalized spacial score (nSPS) is 13.3. The van der Waals surface area contributed by atoms with Crippen molar-refractivity contribution >= 4 is 24.0 Å². The molecule has 0 aromatic heterocycles. The summed E-state index contributed by atoms with van der Waals surface area (Å²) in [7, 11) is 0. The molecule has 0 rings (SSSR count). The predicted molar refractivity (Wildman–Crippen MR) is 94.8 cm³/mol.